The number of aliphatic hydroxyl groups is 1. The maximum Gasteiger partial charge on any atom is 0.159 e. The van der Waals surface area contributed by atoms with Crippen molar-refractivity contribution in [1.29, 1.82) is 0 Å². The number of rotatable bonds is 3. The van der Waals surface area contributed by atoms with Gasteiger partial charge in [0.25, 0.3) is 0 Å². The number of hydrogen-bond acceptors (Lipinski definition) is 4. The van der Waals surface area contributed by atoms with Crippen LogP contribution < -0.4 is 0 Å². The number of hydrogen-bond donors (Lipinski definition) is 1. The van der Waals surface area contributed by atoms with Crippen LogP contribution in [0.15, 0.2) is 48.9 Å². The van der Waals surface area contributed by atoms with Gasteiger partial charge in [-0.15, -0.1) is 0 Å². The van der Waals surface area contributed by atoms with Crippen molar-refractivity contribution in [1.82, 2.24) is 19.4 Å². The molecule has 0 amide bonds. The molecule has 158 valence electrons. The third-order valence-corrected chi connectivity index (χ3v) is 5.98. The molecule has 4 aromatic rings. The highest BCUT2D eigenvalue weighted by molar-refractivity contribution is 6.31. The van der Waals surface area contributed by atoms with Crippen LogP contribution in [-0.4, -0.2) is 24.5 Å². The van der Waals surface area contributed by atoms with Crippen molar-refractivity contribution in [2.24, 2.45) is 0 Å². The second-order valence-electron chi connectivity index (χ2n) is 8.28. The molecule has 0 spiro atoms. The molecule has 1 aromatic carbocycles. The molecule has 0 bridgehead atoms. The van der Waals surface area contributed by atoms with Crippen molar-refractivity contribution in [3.8, 4) is 11.1 Å². The van der Waals surface area contributed by atoms with Gasteiger partial charge in [0.2, 0.25) is 0 Å². The van der Waals surface area contributed by atoms with Gasteiger partial charge in [-0.25, -0.2) is 23.7 Å². The van der Waals surface area contributed by atoms with Crippen LogP contribution in [0.4, 0.5) is 8.78 Å². The van der Waals surface area contributed by atoms with Gasteiger partial charge in [-0.1, -0.05) is 29.8 Å². The second kappa shape index (κ2) is 7.07. The minimum Gasteiger partial charge on any atom is -0.382 e. The molecule has 5 rings (SSSR count). The number of halogens is 3. The summed E-state index contributed by atoms with van der Waals surface area (Å²) in [6.07, 6.45) is 3.51. The minimum absolute atomic E-state index is 0.236. The first-order valence-electron chi connectivity index (χ1n) is 9.89. The van der Waals surface area contributed by atoms with Gasteiger partial charge < -0.3 is 9.51 Å². The maximum absolute atomic E-state index is 14.9. The lowest BCUT2D eigenvalue weighted by molar-refractivity contribution is 0.0687. The van der Waals surface area contributed by atoms with Crippen molar-refractivity contribution in [3.05, 3.63) is 82.5 Å². The van der Waals surface area contributed by atoms with Crippen LogP contribution in [0.5, 0.6) is 0 Å². The Hall–Kier alpha value is -2.90. The van der Waals surface area contributed by atoms with Gasteiger partial charge in [0.15, 0.2) is 5.82 Å². The van der Waals surface area contributed by atoms with Gasteiger partial charge in [-0.3, -0.25) is 0 Å². The molecule has 3 heterocycles. The average Bonchev–Trinajstić information content (AvgIpc) is 3.24. The topological polar surface area (TPSA) is 63.3 Å². The summed E-state index contributed by atoms with van der Waals surface area (Å²) in [7, 11) is 0. The van der Waals surface area contributed by atoms with E-state index in [9.17, 15) is 13.9 Å². The summed E-state index contributed by atoms with van der Waals surface area (Å²) in [5.41, 5.74) is 1.63. The molecule has 0 saturated carbocycles. The fraction of sp³-hybridized carbons (Fsp3) is 0.261. The molecule has 5 nitrogen and oxygen atoms in total. The zero-order valence-electron chi connectivity index (χ0n) is 16.9. The lowest BCUT2D eigenvalue weighted by atomic mass is 9.96. The van der Waals surface area contributed by atoms with Crippen LogP contribution in [0.25, 0.3) is 16.8 Å². The van der Waals surface area contributed by atoms with E-state index in [1.807, 2.05) is 18.2 Å². The van der Waals surface area contributed by atoms with Crippen molar-refractivity contribution in [2.45, 2.75) is 38.0 Å². The number of imidazole rings is 1. The predicted molar refractivity (Wildman–Crippen MR) is 113 cm³/mol. The van der Waals surface area contributed by atoms with Crippen LogP contribution in [0.2, 0.25) is 5.02 Å². The van der Waals surface area contributed by atoms with E-state index < -0.39 is 17.6 Å². The van der Waals surface area contributed by atoms with Crippen molar-refractivity contribution < 1.29 is 13.9 Å². The van der Waals surface area contributed by atoms with Crippen LogP contribution in [0.3, 0.4) is 0 Å². The summed E-state index contributed by atoms with van der Waals surface area (Å²) in [6, 6.07) is 8.63. The summed E-state index contributed by atoms with van der Waals surface area (Å²) in [5, 5.41) is 10.6. The van der Waals surface area contributed by atoms with Gasteiger partial charge >= 0.3 is 0 Å². The zero-order chi connectivity index (χ0) is 21.9. The van der Waals surface area contributed by atoms with Gasteiger partial charge in [0, 0.05) is 46.7 Å². The van der Waals surface area contributed by atoms with Crippen LogP contribution in [0.1, 0.15) is 55.1 Å². The Balaban J connectivity index is 1.67. The summed E-state index contributed by atoms with van der Waals surface area (Å²) >= 11 is 6.39. The van der Waals surface area contributed by atoms with Crippen molar-refractivity contribution in [2.75, 3.05) is 0 Å². The summed E-state index contributed by atoms with van der Waals surface area (Å²) in [4.78, 5) is 12.7. The van der Waals surface area contributed by atoms with E-state index in [0.717, 1.165) is 5.56 Å². The fourth-order valence-corrected chi connectivity index (χ4v) is 4.40. The fourth-order valence-electron chi connectivity index (χ4n) is 4.14. The molecule has 0 radical (unpaired) electrons. The van der Waals surface area contributed by atoms with E-state index in [2.05, 4.69) is 15.0 Å². The van der Waals surface area contributed by atoms with E-state index >= 15 is 0 Å². The third-order valence-electron chi connectivity index (χ3n) is 5.64. The highest BCUT2D eigenvalue weighted by Crippen LogP contribution is 2.47. The molecule has 31 heavy (non-hydrogen) atoms. The predicted octanol–water partition coefficient (Wildman–Crippen LogP) is 5.36. The maximum atomic E-state index is 14.9. The van der Waals surface area contributed by atoms with Gasteiger partial charge in [0.05, 0.1) is 11.4 Å². The molecular weight excluding hydrogens is 422 g/mol. The van der Waals surface area contributed by atoms with Crippen LogP contribution in [-0.2, 0) is 5.60 Å². The monoisotopic (exact) mass is 440 g/mol. The van der Waals surface area contributed by atoms with Gasteiger partial charge in [-0.2, -0.15) is 0 Å². The van der Waals surface area contributed by atoms with Gasteiger partial charge in [0.1, 0.15) is 23.2 Å². The Morgan fingerprint density at radius 2 is 1.90 bits per heavy atom. The minimum atomic E-state index is -1.25. The molecule has 0 aliphatic heterocycles. The first-order valence-corrected chi connectivity index (χ1v) is 10.3. The number of fused-ring (bicyclic) bond motifs is 3. The van der Waals surface area contributed by atoms with E-state index in [1.54, 1.807) is 30.5 Å². The molecule has 8 heteroatoms. The lowest BCUT2D eigenvalue weighted by Gasteiger charge is -2.16. The largest absolute Gasteiger partial charge is 0.382 e. The molecule has 3 aromatic heterocycles. The van der Waals surface area contributed by atoms with E-state index in [0.29, 0.717) is 27.6 Å². The standard InChI is InChI=1S/C23H19ClF2N4O/c1-23(2,31)22-27-9-12(10-28-22)15-11-30-19(8-17(15)25)29-20-18(26)7-14(21(20)30)13-5-3-4-6-16(13)24/h3-6,8-11,14,18,31H,7H2,1-2H3/t14-,18+/m1/s1. The normalized spacial score (nSPS) is 18.5. The molecule has 1 aliphatic rings. The van der Waals surface area contributed by atoms with E-state index in [1.165, 1.54) is 18.5 Å². The van der Waals surface area contributed by atoms with Crippen LogP contribution in [0, 0.1) is 5.82 Å². The molecule has 0 unspecified atom stereocenters. The molecule has 1 aliphatic carbocycles. The SMILES string of the molecule is CC(C)(O)c1ncc(-c2cn3c4c(nc3cc2F)[C@@H](F)C[C@@H]4c2ccccc2Cl)cn1. The molecule has 1 N–H and O–H groups in total. The van der Waals surface area contributed by atoms with E-state index in [-0.39, 0.29) is 23.7 Å². The Bertz CT molecular complexity index is 1300. The first-order chi connectivity index (χ1) is 14.7. The molecule has 2 atom stereocenters. The number of alkyl halides is 1. The molecule has 0 fully saturated rings. The zero-order valence-corrected chi connectivity index (χ0v) is 17.6. The Labute approximate surface area is 182 Å². The van der Waals surface area contributed by atoms with E-state index in [4.69, 9.17) is 11.6 Å². The Kier molecular flexibility index (Phi) is 4.57. The highest BCUT2D eigenvalue weighted by Gasteiger charge is 2.38. The number of aromatic nitrogens is 4. The highest BCUT2D eigenvalue weighted by atomic mass is 35.5. The summed E-state index contributed by atoms with van der Waals surface area (Å²) in [6.45, 7) is 3.15. The Morgan fingerprint density at radius 3 is 2.58 bits per heavy atom. The second-order valence-corrected chi connectivity index (χ2v) is 8.68. The molecular formula is C23H19ClF2N4O. The smallest absolute Gasteiger partial charge is 0.159 e. The summed E-state index contributed by atoms with van der Waals surface area (Å²) in [5.74, 6) is -0.568. The van der Waals surface area contributed by atoms with Gasteiger partial charge in [-0.05, 0) is 31.9 Å². The van der Waals surface area contributed by atoms with Crippen molar-refractivity contribution >= 4 is 17.2 Å². The summed E-state index contributed by atoms with van der Waals surface area (Å²) < 4.78 is 31.5. The lowest BCUT2D eigenvalue weighted by Crippen LogP contribution is -2.19. The quantitative estimate of drug-likeness (QED) is 0.466. The van der Waals surface area contributed by atoms with Crippen molar-refractivity contribution in [3.63, 3.8) is 0 Å². The Morgan fingerprint density at radius 1 is 1.19 bits per heavy atom. The molecule has 0 saturated heterocycles. The first kappa shape index (κ1) is 20.0. The average molecular weight is 441 g/mol. The number of nitrogens with zero attached hydrogens (tertiary/aromatic N) is 4. The number of benzene rings is 1. The van der Waals surface area contributed by atoms with Crippen LogP contribution >= 0.6 is 11.6 Å². The number of pyridine rings is 1. The third kappa shape index (κ3) is 3.28.